The van der Waals surface area contributed by atoms with Crippen molar-refractivity contribution in [3.8, 4) is 11.5 Å². The normalized spacial score (nSPS) is 10.4. The molecule has 1 N–H and O–H groups in total. The molecule has 2 aromatic rings. The van der Waals surface area contributed by atoms with Crippen LogP contribution in [0.5, 0.6) is 11.5 Å². The predicted molar refractivity (Wildman–Crippen MR) is 73.4 cm³/mol. The first-order valence-electron chi connectivity index (χ1n) is 5.55. The summed E-state index contributed by atoms with van der Waals surface area (Å²) in [5.41, 5.74) is 1.12. The molecule has 2 rings (SSSR count). The average Bonchev–Trinajstić information content (AvgIpc) is 2.28. The van der Waals surface area contributed by atoms with Crippen molar-refractivity contribution in [1.82, 2.24) is 5.32 Å². The van der Waals surface area contributed by atoms with Gasteiger partial charge in [0, 0.05) is 17.1 Å². The van der Waals surface area contributed by atoms with Crippen molar-refractivity contribution in [2.45, 2.75) is 6.54 Å². The van der Waals surface area contributed by atoms with Gasteiger partial charge in [-0.2, -0.15) is 0 Å². The maximum absolute atomic E-state index is 13.2. The molecule has 0 saturated heterocycles. The number of halogens is 2. The van der Waals surface area contributed by atoms with Crippen LogP contribution in [0.25, 0.3) is 0 Å². The number of hydrogen-bond acceptors (Lipinski definition) is 2. The smallest absolute Gasteiger partial charge is 0.131 e. The standard InChI is InChI=1S/C14H13BrFNO/c1-17-9-10-3-2-4-13(5-10)18-14-7-11(15)6-12(16)8-14/h2-8,17H,9H2,1H3. The summed E-state index contributed by atoms with van der Waals surface area (Å²) in [6.07, 6.45) is 0. The largest absolute Gasteiger partial charge is 0.457 e. The van der Waals surface area contributed by atoms with Crippen molar-refractivity contribution in [3.63, 3.8) is 0 Å². The third kappa shape index (κ3) is 3.55. The van der Waals surface area contributed by atoms with Gasteiger partial charge in [0.15, 0.2) is 0 Å². The summed E-state index contributed by atoms with van der Waals surface area (Å²) in [7, 11) is 1.89. The van der Waals surface area contributed by atoms with Crippen LogP contribution < -0.4 is 10.1 Å². The number of hydrogen-bond donors (Lipinski definition) is 1. The van der Waals surface area contributed by atoms with Crippen LogP contribution in [0.4, 0.5) is 4.39 Å². The van der Waals surface area contributed by atoms with Crippen LogP contribution in [0.1, 0.15) is 5.56 Å². The van der Waals surface area contributed by atoms with Crippen molar-refractivity contribution in [2.75, 3.05) is 7.05 Å². The van der Waals surface area contributed by atoms with Crippen LogP contribution >= 0.6 is 15.9 Å². The van der Waals surface area contributed by atoms with Gasteiger partial charge in [-0.3, -0.25) is 0 Å². The fourth-order valence-corrected chi connectivity index (χ4v) is 2.09. The van der Waals surface area contributed by atoms with Crippen molar-refractivity contribution >= 4 is 15.9 Å². The molecule has 0 atom stereocenters. The Balaban J connectivity index is 2.20. The van der Waals surface area contributed by atoms with Crippen molar-refractivity contribution in [2.24, 2.45) is 0 Å². The molecule has 0 heterocycles. The van der Waals surface area contributed by atoms with E-state index >= 15 is 0 Å². The average molecular weight is 310 g/mol. The van der Waals surface area contributed by atoms with Crippen LogP contribution in [-0.2, 0) is 6.54 Å². The minimum absolute atomic E-state index is 0.328. The van der Waals surface area contributed by atoms with Crippen LogP contribution in [0.3, 0.4) is 0 Å². The Morgan fingerprint density at radius 3 is 2.72 bits per heavy atom. The van der Waals surface area contributed by atoms with Gasteiger partial charge < -0.3 is 10.1 Å². The highest BCUT2D eigenvalue weighted by atomic mass is 79.9. The lowest BCUT2D eigenvalue weighted by Gasteiger charge is -2.08. The van der Waals surface area contributed by atoms with E-state index in [1.165, 1.54) is 12.1 Å². The Morgan fingerprint density at radius 2 is 2.00 bits per heavy atom. The second-order valence-corrected chi connectivity index (χ2v) is 4.80. The molecule has 0 radical (unpaired) electrons. The van der Waals surface area contributed by atoms with Gasteiger partial charge in [-0.05, 0) is 36.9 Å². The summed E-state index contributed by atoms with van der Waals surface area (Å²) in [4.78, 5) is 0. The summed E-state index contributed by atoms with van der Waals surface area (Å²) in [6, 6.07) is 12.2. The maximum Gasteiger partial charge on any atom is 0.131 e. The molecule has 18 heavy (non-hydrogen) atoms. The third-order valence-corrected chi connectivity index (χ3v) is 2.81. The highest BCUT2D eigenvalue weighted by Crippen LogP contribution is 2.26. The Kier molecular flexibility index (Phi) is 4.33. The van der Waals surface area contributed by atoms with Gasteiger partial charge in [0.25, 0.3) is 0 Å². The molecule has 0 aromatic heterocycles. The summed E-state index contributed by atoms with van der Waals surface area (Å²) in [5.74, 6) is 0.842. The third-order valence-electron chi connectivity index (χ3n) is 2.35. The monoisotopic (exact) mass is 309 g/mol. The fraction of sp³-hybridized carbons (Fsp3) is 0.143. The first kappa shape index (κ1) is 13.1. The molecule has 0 fully saturated rings. The first-order chi connectivity index (χ1) is 8.67. The SMILES string of the molecule is CNCc1cccc(Oc2cc(F)cc(Br)c2)c1. The van der Waals surface area contributed by atoms with E-state index in [9.17, 15) is 4.39 Å². The molecule has 0 spiro atoms. The fourth-order valence-electron chi connectivity index (χ4n) is 1.65. The van der Waals surface area contributed by atoms with Crippen LogP contribution in [-0.4, -0.2) is 7.05 Å². The molecule has 0 aliphatic heterocycles. The zero-order valence-electron chi connectivity index (χ0n) is 9.91. The first-order valence-corrected chi connectivity index (χ1v) is 6.34. The highest BCUT2D eigenvalue weighted by Gasteiger charge is 2.02. The van der Waals surface area contributed by atoms with Gasteiger partial charge in [0.05, 0.1) is 0 Å². The summed E-state index contributed by atoms with van der Waals surface area (Å²) in [5, 5.41) is 3.07. The molecule has 0 amide bonds. The number of nitrogens with one attached hydrogen (secondary N) is 1. The van der Waals surface area contributed by atoms with Gasteiger partial charge in [0.2, 0.25) is 0 Å². The summed E-state index contributed by atoms with van der Waals surface area (Å²) >= 11 is 3.24. The second-order valence-electron chi connectivity index (χ2n) is 3.88. The predicted octanol–water partition coefficient (Wildman–Crippen LogP) is 4.10. The maximum atomic E-state index is 13.2. The van der Waals surface area contributed by atoms with E-state index < -0.39 is 0 Å². The molecule has 0 saturated carbocycles. The minimum Gasteiger partial charge on any atom is -0.457 e. The molecule has 94 valence electrons. The molecule has 0 unspecified atom stereocenters. The van der Waals surface area contributed by atoms with Crippen LogP contribution in [0.15, 0.2) is 46.9 Å². The Bertz CT molecular complexity index is 525. The number of rotatable bonds is 4. The second kappa shape index (κ2) is 5.98. The lowest BCUT2D eigenvalue weighted by atomic mass is 10.2. The van der Waals surface area contributed by atoms with E-state index in [0.717, 1.165) is 12.1 Å². The summed E-state index contributed by atoms with van der Waals surface area (Å²) in [6.45, 7) is 0.768. The van der Waals surface area contributed by atoms with Crippen LogP contribution in [0.2, 0.25) is 0 Å². The van der Waals surface area contributed by atoms with Crippen LogP contribution in [0, 0.1) is 5.82 Å². The van der Waals surface area contributed by atoms with Gasteiger partial charge in [0.1, 0.15) is 17.3 Å². The minimum atomic E-state index is -0.328. The van der Waals surface area contributed by atoms with Crippen molar-refractivity contribution in [1.29, 1.82) is 0 Å². The topological polar surface area (TPSA) is 21.3 Å². The number of benzene rings is 2. The van der Waals surface area contributed by atoms with Crippen molar-refractivity contribution < 1.29 is 9.13 Å². The zero-order valence-corrected chi connectivity index (χ0v) is 11.5. The van der Waals surface area contributed by atoms with Gasteiger partial charge in [-0.15, -0.1) is 0 Å². The summed E-state index contributed by atoms with van der Waals surface area (Å²) < 4.78 is 19.5. The lowest BCUT2D eigenvalue weighted by Crippen LogP contribution is -2.04. The Labute approximate surface area is 114 Å². The lowest BCUT2D eigenvalue weighted by molar-refractivity contribution is 0.475. The zero-order chi connectivity index (χ0) is 13.0. The van der Waals surface area contributed by atoms with E-state index in [2.05, 4.69) is 21.2 Å². The van der Waals surface area contributed by atoms with E-state index in [0.29, 0.717) is 16.0 Å². The van der Waals surface area contributed by atoms with E-state index in [1.807, 2.05) is 31.3 Å². The molecule has 2 nitrogen and oxygen atoms in total. The van der Waals surface area contributed by atoms with Gasteiger partial charge in [-0.25, -0.2) is 4.39 Å². The molecular formula is C14H13BrFNO. The van der Waals surface area contributed by atoms with E-state index in [-0.39, 0.29) is 5.82 Å². The molecule has 0 aliphatic carbocycles. The van der Waals surface area contributed by atoms with Crippen molar-refractivity contribution in [3.05, 3.63) is 58.3 Å². The quantitative estimate of drug-likeness (QED) is 0.918. The van der Waals surface area contributed by atoms with Gasteiger partial charge >= 0.3 is 0 Å². The van der Waals surface area contributed by atoms with Gasteiger partial charge in [-0.1, -0.05) is 28.1 Å². The molecule has 0 bridgehead atoms. The van der Waals surface area contributed by atoms with E-state index in [4.69, 9.17) is 4.74 Å². The molecule has 0 aliphatic rings. The Morgan fingerprint density at radius 1 is 1.17 bits per heavy atom. The Hall–Kier alpha value is -1.39. The molecular weight excluding hydrogens is 297 g/mol. The molecule has 2 aromatic carbocycles. The van der Waals surface area contributed by atoms with E-state index in [1.54, 1.807) is 6.07 Å². The number of ether oxygens (including phenoxy) is 1. The highest BCUT2D eigenvalue weighted by molar-refractivity contribution is 9.10. The molecule has 4 heteroatoms.